The summed E-state index contributed by atoms with van der Waals surface area (Å²) in [7, 11) is 0. The number of aromatic nitrogens is 2. The highest BCUT2D eigenvalue weighted by atomic mass is 19.4. The highest BCUT2D eigenvalue weighted by Gasteiger charge is 2.32. The number of alkyl halides is 3. The highest BCUT2D eigenvalue weighted by molar-refractivity contribution is 5.25. The Morgan fingerprint density at radius 2 is 1.94 bits per heavy atom. The van der Waals surface area contributed by atoms with E-state index in [0.717, 1.165) is 31.9 Å². The van der Waals surface area contributed by atoms with Gasteiger partial charge in [0, 0.05) is 19.3 Å². The fourth-order valence-corrected chi connectivity index (χ4v) is 1.47. The Bertz CT molecular complexity index is 364. The van der Waals surface area contributed by atoms with Crippen LogP contribution in [0.4, 0.5) is 19.1 Å². The van der Waals surface area contributed by atoms with E-state index < -0.39 is 11.9 Å². The fourth-order valence-electron chi connectivity index (χ4n) is 1.47. The second-order valence-electron chi connectivity index (χ2n) is 3.72. The normalized spacial score (nSPS) is 11.9. The van der Waals surface area contributed by atoms with Crippen molar-refractivity contribution in [2.24, 2.45) is 0 Å². The first-order valence-electron chi connectivity index (χ1n) is 5.83. The molecule has 1 N–H and O–H groups in total. The zero-order chi connectivity index (χ0) is 13.6. The van der Waals surface area contributed by atoms with E-state index in [9.17, 15) is 13.2 Å². The average molecular weight is 262 g/mol. The first kappa shape index (κ1) is 14.7. The topological polar surface area (TPSA) is 41.0 Å². The summed E-state index contributed by atoms with van der Waals surface area (Å²) in [4.78, 5) is 9.34. The molecule has 1 heterocycles. The van der Waals surface area contributed by atoms with E-state index in [-0.39, 0.29) is 5.95 Å². The first-order chi connectivity index (χ1) is 8.47. The predicted molar refractivity (Wildman–Crippen MR) is 63.3 cm³/mol. The third-order valence-corrected chi connectivity index (χ3v) is 2.55. The number of hydrogen-bond acceptors (Lipinski definition) is 4. The zero-order valence-electron chi connectivity index (χ0n) is 10.5. The Hall–Kier alpha value is -1.37. The summed E-state index contributed by atoms with van der Waals surface area (Å²) in [6.07, 6.45) is -3.33. The smallest absolute Gasteiger partial charge is 0.353 e. The predicted octanol–water partition coefficient (Wildman–Crippen LogP) is 2.25. The molecule has 0 amide bonds. The van der Waals surface area contributed by atoms with Gasteiger partial charge >= 0.3 is 6.18 Å². The van der Waals surface area contributed by atoms with Gasteiger partial charge in [-0.05, 0) is 19.2 Å². The molecule has 0 radical (unpaired) electrons. The lowest BCUT2D eigenvalue weighted by Crippen LogP contribution is -2.29. The van der Waals surface area contributed by atoms with Crippen molar-refractivity contribution in [3.8, 4) is 0 Å². The van der Waals surface area contributed by atoms with Gasteiger partial charge in [-0.1, -0.05) is 13.8 Å². The minimum atomic E-state index is -4.43. The third kappa shape index (κ3) is 4.48. The summed E-state index contributed by atoms with van der Waals surface area (Å²) in [5.41, 5.74) is -0.928. The second kappa shape index (κ2) is 6.53. The van der Waals surface area contributed by atoms with Crippen LogP contribution in [0, 0.1) is 0 Å². The van der Waals surface area contributed by atoms with Crippen molar-refractivity contribution in [3.63, 3.8) is 0 Å². The average Bonchev–Trinajstić information content (AvgIpc) is 2.34. The molecule has 0 aliphatic heterocycles. The molecule has 0 atom stereocenters. The van der Waals surface area contributed by atoms with E-state index in [1.165, 1.54) is 0 Å². The molecule has 0 bridgehead atoms. The van der Waals surface area contributed by atoms with Gasteiger partial charge in [-0.3, -0.25) is 0 Å². The van der Waals surface area contributed by atoms with Gasteiger partial charge in [-0.25, -0.2) is 9.97 Å². The fraction of sp³-hybridized carbons (Fsp3) is 0.636. The van der Waals surface area contributed by atoms with Gasteiger partial charge in [0.05, 0.1) is 0 Å². The van der Waals surface area contributed by atoms with Crippen LogP contribution in [0.3, 0.4) is 0 Å². The Morgan fingerprint density at radius 3 is 2.50 bits per heavy atom. The van der Waals surface area contributed by atoms with Crippen molar-refractivity contribution in [2.75, 3.05) is 31.5 Å². The van der Waals surface area contributed by atoms with Crippen LogP contribution in [0.2, 0.25) is 0 Å². The van der Waals surface area contributed by atoms with Gasteiger partial charge in [0.2, 0.25) is 5.95 Å². The molecular formula is C11H17F3N4. The number of nitrogens with one attached hydrogen (secondary N) is 1. The van der Waals surface area contributed by atoms with Crippen LogP contribution in [0.25, 0.3) is 0 Å². The summed E-state index contributed by atoms with van der Waals surface area (Å²) in [6.45, 7) is 7.13. The number of anilines is 1. The molecule has 102 valence electrons. The summed E-state index contributed by atoms with van der Waals surface area (Å²) < 4.78 is 37.2. The monoisotopic (exact) mass is 262 g/mol. The van der Waals surface area contributed by atoms with Crippen molar-refractivity contribution >= 4 is 5.95 Å². The molecule has 7 heteroatoms. The standard InChI is InChI=1S/C11H17F3N4/c1-3-18(4-2)8-7-16-10-15-6-5-9(17-10)11(12,13)14/h5-6H,3-4,7-8H2,1-2H3,(H,15,16,17). The van der Waals surface area contributed by atoms with E-state index in [0.29, 0.717) is 6.54 Å². The van der Waals surface area contributed by atoms with E-state index >= 15 is 0 Å². The lowest BCUT2D eigenvalue weighted by Gasteiger charge is -2.18. The quantitative estimate of drug-likeness (QED) is 0.853. The largest absolute Gasteiger partial charge is 0.433 e. The highest BCUT2D eigenvalue weighted by Crippen LogP contribution is 2.27. The lowest BCUT2D eigenvalue weighted by atomic mass is 10.4. The molecule has 0 fully saturated rings. The van der Waals surface area contributed by atoms with Crippen LogP contribution in [-0.4, -0.2) is 41.0 Å². The third-order valence-electron chi connectivity index (χ3n) is 2.55. The van der Waals surface area contributed by atoms with E-state index in [1.54, 1.807) is 0 Å². The molecule has 4 nitrogen and oxygen atoms in total. The first-order valence-corrected chi connectivity index (χ1v) is 5.83. The van der Waals surface area contributed by atoms with E-state index in [1.807, 2.05) is 13.8 Å². The Kier molecular flexibility index (Phi) is 5.33. The number of rotatable bonds is 6. The maximum atomic E-state index is 12.4. The minimum absolute atomic E-state index is 0.0111. The van der Waals surface area contributed by atoms with Crippen LogP contribution in [0.1, 0.15) is 19.5 Å². The molecule has 18 heavy (non-hydrogen) atoms. The summed E-state index contributed by atoms with van der Waals surface area (Å²) in [5, 5.41) is 2.79. The second-order valence-corrected chi connectivity index (χ2v) is 3.72. The Morgan fingerprint density at radius 1 is 1.28 bits per heavy atom. The molecule has 0 saturated carbocycles. The molecule has 0 aliphatic rings. The van der Waals surface area contributed by atoms with Crippen LogP contribution >= 0.6 is 0 Å². The molecule has 0 unspecified atom stereocenters. The number of nitrogens with zero attached hydrogens (tertiary/aromatic N) is 3. The molecule has 1 aromatic heterocycles. The van der Waals surface area contributed by atoms with Crippen molar-refractivity contribution in [1.82, 2.24) is 14.9 Å². The maximum Gasteiger partial charge on any atom is 0.433 e. The molecule has 1 rings (SSSR count). The van der Waals surface area contributed by atoms with E-state index in [2.05, 4.69) is 20.2 Å². The SMILES string of the molecule is CCN(CC)CCNc1nccc(C(F)(F)F)n1. The van der Waals surface area contributed by atoms with Crippen molar-refractivity contribution in [3.05, 3.63) is 18.0 Å². The van der Waals surface area contributed by atoms with Gasteiger partial charge in [-0.2, -0.15) is 13.2 Å². The molecule has 0 saturated heterocycles. The Balaban J connectivity index is 2.53. The van der Waals surface area contributed by atoms with Crippen LogP contribution in [0.15, 0.2) is 12.3 Å². The van der Waals surface area contributed by atoms with E-state index in [4.69, 9.17) is 0 Å². The van der Waals surface area contributed by atoms with Crippen LogP contribution in [0.5, 0.6) is 0 Å². The molecule has 0 aromatic carbocycles. The van der Waals surface area contributed by atoms with Gasteiger partial charge in [0.1, 0.15) is 5.69 Å². The molecule has 0 spiro atoms. The maximum absolute atomic E-state index is 12.4. The van der Waals surface area contributed by atoms with Crippen molar-refractivity contribution in [2.45, 2.75) is 20.0 Å². The summed E-state index contributed by atoms with van der Waals surface area (Å²) >= 11 is 0. The summed E-state index contributed by atoms with van der Waals surface area (Å²) in [6, 6.07) is 0.857. The number of hydrogen-bond donors (Lipinski definition) is 1. The molecule has 0 aliphatic carbocycles. The number of halogens is 3. The zero-order valence-corrected chi connectivity index (χ0v) is 10.5. The number of likely N-dealkylation sites (N-methyl/N-ethyl adjacent to an activating group) is 1. The van der Waals surface area contributed by atoms with Gasteiger partial charge in [-0.15, -0.1) is 0 Å². The Labute approximate surface area is 104 Å². The van der Waals surface area contributed by atoms with Crippen LogP contribution < -0.4 is 5.32 Å². The molecular weight excluding hydrogens is 245 g/mol. The van der Waals surface area contributed by atoms with Crippen molar-refractivity contribution < 1.29 is 13.2 Å². The lowest BCUT2D eigenvalue weighted by molar-refractivity contribution is -0.141. The van der Waals surface area contributed by atoms with Crippen molar-refractivity contribution in [1.29, 1.82) is 0 Å². The molecule has 1 aromatic rings. The summed E-state index contributed by atoms with van der Waals surface area (Å²) in [5.74, 6) is 0.0111. The van der Waals surface area contributed by atoms with Gasteiger partial charge in [0.15, 0.2) is 0 Å². The van der Waals surface area contributed by atoms with Gasteiger partial charge in [0.25, 0.3) is 0 Å². The minimum Gasteiger partial charge on any atom is -0.353 e. The van der Waals surface area contributed by atoms with Gasteiger partial charge < -0.3 is 10.2 Å². The van der Waals surface area contributed by atoms with Crippen LogP contribution in [-0.2, 0) is 6.18 Å².